The molecule has 0 amide bonds. The summed E-state index contributed by atoms with van der Waals surface area (Å²) in [6, 6.07) is 48.5. The van der Waals surface area contributed by atoms with Gasteiger partial charge in [-0.2, -0.15) is 0 Å². The van der Waals surface area contributed by atoms with Crippen LogP contribution in [0.1, 0.15) is 33.1 Å². The molecule has 2 aliphatic heterocycles. The number of aromatic amines is 2. The topological polar surface area (TPSA) is 97.9 Å². The highest BCUT2D eigenvalue weighted by Crippen LogP contribution is 2.37. The van der Waals surface area contributed by atoms with Crippen LogP contribution < -0.4 is 4.90 Å². The van der Waals surface area contributed by atoms with Crippen molar-refractivity contribution in [1.29, 1.82) is 0 Å². The Balaban J connectivity index is 1.22. The Kier molecular flexibility index (Phi) is 7.63. The van der Waals surface area contributed by atoms with Crippen molar-refractivity contribution in [3.8, 4) is 22.3 Å². The first kappa shape index (κ1) is 30.8. The normalized spacial score (nSPS) is 11.8. The molecule has 7 aromatic rings. The third-order valence-corrected chi connectivity index (χ3v) is 9.24. The molecule has 248 valence electrons. The first-order valence-corrected chi connectivity index (χ1v) is 17.0. The molecule has 0 spiro atoms. The van der Waals surface area contributed by atoms with Crippen LogP contribution >= 0.6 is 0 Å². The largest absolute Gasteiger partial charge is 0.478 e. The van der Waals surface area contributed by atoms with Crippen molar-refractivity contribution >= 4 is 69.4 Å². The summed E-state index contributed by atoms with van der Waals surface area (Å²) in [5.41, 5.74) is 13.7. The Morgan fingerprint density at radius 2 is 1.02 bits per heavy atom. The van der Waals surface area contributed by atoms with Gasteiger partial charge >= 0.3 is 5.97 Å². The van der Waals surface area contributed by atoms with Gasteiger partial charge in [0.25, 0.3) is 0 Å². The van der Waals surface area contributed by atoms with Crippen molar-refractivity contribution in [3.05, 3.63) is 174 Å². The molecule has 0 saturated carbocycles. The molecule has 0 unspecified atom stereocenters. The predicted octanol–water partition coefficient (Wildman–Crippen LogP) is 11.2. The molecular weight excluding hydrogens is 643 g/mol. The molecule has 9 rings (SSSR count). The molecular formula is C45H31N5O2. The molecule has 7 heteroatoms. The molecule has 8 bridgehead atoms. The highest BCUT2D eigenvalue weighted by Gasteiger charge is 2.16. The van der Waals surface area contributed by atoms with Crippen molar-refractivity contribution in [2.24, 2.45) is 0 Å². The number of hydrogen-bond acceptors (Lipinski definition) is 4. The smallest absolute Gasteiger partial charge is 0.335 e. The second kappa shape index (κ2) is 12.9. The monoisotopic (exact) mass is 673 g/mol. The fourth-order valence-corrected chi connectivity index (χ4v) is 6.87. The van der Waals surface area contributed by atoms with Gasteiger partial charge in [-0.3, -0.25) is 0 Å². The van der Waals surface area contributed by atoms with Gasteiger partial charge in [-0.05, 0) is 120 Å². The summed E-state index contributed by atoms with van der Waals surface area (Å²) in [7, 11) is 0. The third-order valence-electron chi connectivity index (χ3n) is 9.24. The average molecular weight is 674 g/mol. The van der Waals surface area contributed by atoms with Crippen LogP contribution in [0.4, 0.5) is 17.1 Å². The molecule has 2 aliphatic rings. The van der Waals surface area contributed by atoms with Crippen LogP contribution in [0.5, 0.6) is 0 Å². The Bertz CT molecular complexity index is 2670. The van der Waals surface area contributed by atoms with E-state index in [-0.39, 0.29) is 5.56 Å². The number of fused-ring (bicyclic) bond motifs is 8. The lowest BCUT2D eigenvalue weighted by atomic mass is 10.0. The van der Waals surface area contributed by atoms with Crippen molar-refractivity contribution in [3.63, 3.8) is 0 Å². The van der Waals surface area contributed by atoms with E-state index in [1.807, 2.05) is 60.7 Å². The average Bonchev–Trinajstić information content (AvgIpc) is 4.01. The van der Waals surface area contributed by atoms with Crippen LogP contribution in [0.15, 0.2) is 146 Å². The van der Waals surface area contributed by atoms with E-state index in [0.717, 1.165) is 84.2 Å². The summed E-state index contributed by atoms with van der Waals surface area (Å²) < 4.78 is 0. The molecule has 0 fully saturated rings. The zero-order valence-corrected chi connectivity index (χ0v) is 27.9. The lowest BCUT2D eigenvalue weighted by Gasteiger charge is -2.25. The summed E-state index contributed by atoms with van der Waals surface area (Å²) in [5.74, 6) is -0.977. The van der Waals surface area contributed by atoms with E-state index in [1.54, 1.807) is 18.2 Å². The highest BCUT2D eigenvalue weighted by atomic mass is 16.4. The number of carboxylic acids is 1. The van der Waals surface area contributed by atoms with Crippen LogP contribution in [0.3, 0.4) is 0 Å². The number of anilines is 3. The number of hydrogen-bond donors (Lipinski definition) is 3. The highest BCUT2D eigenvalue weighted by molar-refractivity contribution is 5.95. The number of para-hydroxylation sites is 2. The number of aromatic carboxylic acids is 1. The van der Waals surface area contributed by atoms with Gasteiger partial charge in [0, 0.05) is 50.3 Å². The van der Waals surface area contributed by atoms with E-state index in [1.165, 1.54) is 0 Å². The Morgan fingerprint density at radius 1 is 0.500 bits per heavy atom. The lowest BCUT2D eigenvalue weighted by Crippen LogP contribution is -2.09. The minimum atomic E-state index is -0.977. The van der Waals surface area contributed by atoms with Gasteiger partial charge in [0.05, 0.1) is 28.3 Å². The number of rotatable bonds is 6. The fourth-order valence-electron chi connectivity index (χ4n) is 6.87. The minimum Gasteiger partial charge on any atom is -0.478 e. The molecule has 7 nitrogen and oxygen atoms in total. The van der Waals surface area contributed by atoms with Crippen molar-refractivity contribution in [1.82, 2.24) is 19.9 Å². The maximum Gasteiger partial charge on any atom is 0.335 e. The number of carboxylic acid groups (broad SMARTS) is 1. The van der Waals surface area contributed by atoms with Gasteiger partial charge in [0.15, 0.2) is 0 Å². The number of nitrogens with one attached hydrogen (secondary N) is 2. The van der Waals surface area contributed by atoms with Crippen molar-refractivity contribution < 1.29 is 9.90 Å². The van der Waals surface area contributed by atoms with Crippen molar-refractivity contribution in [2.75, 3.05) is 4.90 Å². The van der Waals surface area contributed by atoms with Crippen LogP contribution in [0, 0.1) is 0 Å². The van der Waals surface area contributed by atoms with E-state index in [4.69, 9.17) is 9.97 Å². The van der Waals surface area contributed by atoms with Crippen LogP contribution in [-0.2, 0) is 0 Å². The van der Waals surface area contributed by atoms with Crippen LogP contribution in [-0.4, -0.2) is 31.0 Å². The standard InChI is InChI=1S/C45H31N5O2/c51-45(52)31-9-7-8-30(26-31)44-41-24-18-34(48-41)27-32-16-22-39(46-32)43(40-23-17-33(47-40)28-35-19-25-42(44)49-35)29-14-20-38(21-15-29)50(36-10-3-1-4-11-36)37-12-5-2-6-13-37/h1-28,46,49H,(H,51,52). The summed E-state index contributed by atoms with van der Waals surface area (Å²) in [6.45, 7) is 0. The van der Waals surface area contributed by atoms with E-state index < -0.39 is 5.97 Å². The summed E-state index contributed by atoms with van der Waals surface area (Å²) >= 11 is 0. The maximum atomic E-state index is 11.9. The molecule has 5 heterocycles. The third kappa shape index (κ3) is 5.86. The zero-order valence-electron chi connectivity index (χ0n) is 27.9. The number of aromatic nitrogens is 4. The van der Waals surface area contributed by atoms with Gasteiger partial charge in [0.2, 0.25) is 0 Å². The molecule has 4 aromatic carbocycles. The molecule has 3 N–H and O–H groups in total. The van der Waals surface area contributed by atoms with Gasteiger partial charge in [-0.15, -0.1) is 0 Å². The van der Waals surface area contributed by atoms with E-state index in [2.05, 4.69) is 106 Å². The molecule has 0 aliphatic carbocycles. The van der Waals surface area contributed by atoms with Crippen LogP contribution in [0.2, 0.25) is 0 Å². The fraction of sp³-hybridized carbons (Fsp3) is 0. The molecule has 0 radical (unpaired) electrons. The first-order valence-electron chi connectivity index (χ1n) is 17.0. The number of benzene rings is 4. The molecule has 3 aromatic heterocycles. The summed E-state index contributed by atoms with van der Waals surface area (Å²) in [6.07, 6.45) is 8.03. The second-order valence-corrected chi connectivity index (χ2v) is 12.6. The summed E-state index contributed by atoms with van der Waals surface area (Å²) in [4.78, 5) is 31.3. The Morgan fingerprint density at radius 3 is 1.56 bits per heavy atom. The molecule has 0 atom stereocenters. The van der Waals surface area contributed by atoms with E-state index >= 15 is 0 Å². The number of nitrogens with zero attached hydrogens (tertiary/aromatic N) is 3. The maximum absolute atomic E-state index is 11.9. The Hall–Kier alpha value is -7.25. The van der Waals surface area contributed by atoms with Crippen molar-refractivity contribution in [2.45, 2.75) is 0 Å². The SMILES string of the molecule is O=C(O)c1cccc(-c2c3nc(cc4ccc([nH]4)c(-c4ccc(N(c5ccccc5)c5ccccc5)cc4)c4nc(cc5ccc2[nH]5)C=C4)C=C3)c1. The summed E-state index contributed by atoms with van der Waals surface area (Å²) in [5, 5.41) is 9.71. The molecule has 0 saturated heterocycles. The second-order valence-electron chi connectivity index (χ2n) is 12.6. The predicted molar refractivity (Wildman–Crippen MR) is 211 cm³/mol. The number of H-pyrrole nitrogens is 2. The number of carbonyl (C=O) groups is 1. The van der Waals surface area contributed by atoms with Crippen LogP contribution in [0.25, 0.3) is 68.6 Å². The molecule has 52 heavy (non-hydrogen) atoms. The van der Waals surface area contributed by atoms with Gasteiger partial charge < -0.3 is 20.0 Å². The van der Waals surface area contributed by atoms with Gasteiger partial charge in [0.1, 0.15) is 0 Å². The quantitative estimate of drug-likeness (QED) is 0.163. The van der Waals surface area contributed by atoms with Gasteiger partial charge in [-0.25, -0.2) is 14.8 Å². The zero-order chi connectivity index (χ0) is 35.0. The Labute approximate surface area is 299 Å². The first-order chi connectivity index (χ1) is 25.6. The lowest BCUT2D eigenvalue weighted by molar-refractivity contribution is 0.0697. The van der Waals surface area contributed by atoms with Gasteiger partial charge in [-0.1, -0.05) is 60.7 Å². The van der Waals surface area contributed by atoms with E-state index in [9.17, 15) is 9.90 Å². The van der Waals surface area contributed by atoms with E-state index in [0.29, 0.717) is 0 Å². The minimum absolute atomic E-state index is 0.215.